The van der Waals surface area contributed by atoms with Gasteiger partial charge in [0.25, 0.3) is 11.8 Å². The smallest absolute Gasteiger partial charge is 0.259 e. The summed E-state index contributed by atoms with van der Waals surface area (Å²) in [7, 11) is 0. The molecular weight excluding hydrogens is 476 g/mol. The van der Waals surface area contributed by atoms with Crippen LogP contribution in [0.3, 0.4) is 0 Å². The maximum atomic E-state index is 12.9. The van der Waals surface area contributed by atoms with Crippen LogP contribution in [0.1, 0.15) is 85.9 Å². The minimum atomic E-state index is -0.240. The van der Waals surface area contributed by atoms with Crippen molar-refractivity contribution in [2.75, 3.05) is 23.8 Å². The van der Waals surface area contributed by atoms with E-state index in [0.29, 0.717) is 47.2 Å². The summed E-state index contributed by atoms with van der Waals surface area (Å²) in [5.74, 6) is 0.681. The van der Waals surface area contributed by atoms with Crippen LogP contribution in [-0.4, -0.2) is 25.0 Å². The van der Waals surface area contributed by atoms with Gasteiger partial charge >= 0.3 is 0 Å². The van der Waals surface area contributed by atoms with Crippen LogP contribution in [-0.2, 0) is 0 Å². The SMILES string of the molecule is CCCCCCOc1ccccc1C(=O)Nc1ccc(NC(=O)c2ccccc2OCCCCCC)cc1. The maximum absolute atomic E-state index is 12.9. The Kier molecular flexibility index (Phi) is 12.2. The molecule has 2 N–H and O–H groups in total. The van der Waals surface area contributed by atoms with Gasteiger partial charge in [0.05, 0.1) is 24.3 Å². The molecule has 0 aliphatic rings. The third kappa shape index (κ3) is 9.25. The van der Waals surface area contributed by atoms with E-state index in [1.165, 1.54) is 25.7 Å². The number of amides is 2. The van der Waals surface area contributed by atoms with Gasteiger partial charge < -0.3 is 20.1 Å². The molecule has 0 saturated heterocycles. The predicted octanol–water partition coefficient (Wildman–Crippen LogP) is 8.11. The molecular formula is C32H40N2O4. The number of anilines is 2. The Morgan fingerprint density at radius 2 is 0.947 bits per heavy atom. The van der Waals surface area contributed by atoms with Gasteiger partial charge in [-0.2, -0.15) is 0 Å². The van der Waals surface area contributed by atoms with Crippen LogP contribution in [0.5, 0.6) is 11.5 Å². The molecule has 38 heavy (non-hydrogen) atoms. The summed E-state index contributed by atoms with van der Waals surface area (Å²) in [6.45, 7) is 5.52. The van der Waals surface area contributed by atoms with Crippen molar-refractivity contribution in [2.24, 2.45) is 0 Å². The van der Waals surface area contributed by atoms with Crippen molar-refractivity contribution >= 4 is 23.2 Å². The molecule has 0 saturated carbocycles. The van der Waals surface area contributed by atoms with E-state index in [0.717, 1.165) is 25.7 Å². The molecule has 0 radical (unpaired) electrons. The Labute approximate surface area is 226 Å². The quantitative estimate of drug-likeness (QED) is 0.189. The number of hydrogen-bond donors (Lipinski definition) is 2. The molecule has 0 bridgehead atoms. The summed E-state index contributed by atoms with van der Waals surface area (Å²) in [5.41, 5.74) is 2.24. The molecule has 0 atom stereocenters. The summed E-state index contributed by atoms with van der Waals surface area (Å²) in [4.78, 5) is 25.9. The van der Waals surface area contributed by atoms with Crippen molar-refractivity contribution < 1.29 is 19.1 Å². The van der Waals surface area contributed by atoms with E-state index in [4.69, 9.17) is 9.47 Å². The molecule has 6 heteroatoms. The third-order valence-electron chi connectivity index (χ3n) is 6.17. The van der Waals surface area contributed by atoms with Gasteiger partial charge in [0.1, 0.15) is 11.5 Å². The molecule has 0 aromatic heterocycles. The fourth-order valence-electron chi connectivity index (χ4n) is 4.02. The highest BCUT2D eigenvalue weighted by atomic mass is 16.5. The molecule has 3 aromatic rings. The van der Waals surface area contributed by atoms with Crippen molar-refractivity contribution in [3.05, 3.63) is 83.9 Å². The lowest BCUT2D eigenvalue weighted by Gasteiger charge is -2.13. The Morgan fingerprint density at radius 1 is 0.553 bits per heavy atom. The van der Waals surface area contributed by atoms with Crippen LogP contribution in [0, 0.1) is 0 Å². The summed E-state index contributed by atoms with van der Waals surface area (Å²) < 4.78 is 11.8. The van der Waals surface area contributed by atoms with Gasteiger partial charge in [-0.3, -0.25) is 9.59 Å². The molecule has 202 valence electrons. The van der Waals surface area contributed by atoms with Crippen LogP contribution >= 0.6 is 0 Å². The summed E-state index contributed by atoms with van der Waals surface area (Å²) >= 11 is 0. The van der Waals surface area contributed by atoms with Crippen LogP contribution in [0.4, 0.5) is 11.4 Å². The van der Waals surface area contributed by atoms with Crippen molar-refractivity contribution in [1.82, 2.24) is 0 Å². The molecule has 0 fully saturated rings. The molecule has 0 aliphatic heterocycles. The number of carbonyl (C=O) groups excluding carboxylic acids is 2. The number of unbranched alkanes of at least 4 members (excludes halogenated alkanes) is 6. The average molecular weight is 517 g/mol. The van der Waals surface area contributed by atoms with Gasteiger partial charge in [0.15, 0.2) is 0 Å². The first-order valence-corrected chi connectivity index (χ1v) is 13.8. The Morgan fingerprint density at radius 3 is 1.34 bits per heavy atom. The van der Waals surface area contributed by atoms with Crippen LogP contribution in [0.25, 0.3) is 0 Å². The number of nitrogens with one attached hydrogen (secondary N) is 2. The van der Waals surface area contributed by atoms with Crippen molar-refractivity contribution in [3.63, 3.8) is 0 Å². The normalized spacial score (nSPS) is 10.6. The Balaban J connectivity index is 1.55. The van der Waals surface area contributed by atoms with Gasteiger partial charge in [-0.1, -0.05) is 76.6 Å². The van der Waals surface area contributed by atoms with E-state index in [1.54, 1.807) is 36.4 Å². The highest BCUT2D eigenvalue weighted by Gasteiger charge is 2.14. The zero-order valence-corrected chi connectivity index (χ0v) is 22.6. The number of hydrogen-bond acceptors (Lipinski definition) is 4. The lowest BCUT2D eigenvalue weighted by atomic mass is 10.1. The van der Waals surface area contributed by atoms with Crippen LogP contribution in [0.15, 0.2) is 72.8 Å². The second-order valence-electron chi connectivity index (χ2n) is 9.30. The Bertz CT molecular complexity index is 1050. The molecule has 0 unspecified atom stereocenters. The highest BCUT2D eigenvalue weighted by Crippen LogP contribution is 2.23. The molecule has 0 aliphatic carbocycles. The van der Waals surface area contributed by atoms with Crippen molar-refractivity contribution in [3.8, 4) is 11.5 Å². The molecule has 3 aromatic carbocycles. The van der Waals surface area contributed by atoms with Crippen LogP contribution < -0.4 is 20.1 Å². The number of rotatable bonds is 16. The fourth-order valence-corrected chi connectivity index (χ4v) is 4.02. The van der Waals surface area contributed by atoms with Gasteiger partial charge in [-0.05, 0) is 61.4 Å². The molecule has 0 spiro atoms. The second kappa shape index (κ2) is 16.1. The lowest BCUT2D eigenvalue weighted by Crippen LogP contribution is -2.15. The first kappa shape index (κ1) is 28.8. The average Bonchev–Trinajstić information content (AvgIpc) is 2.94. The molecule has 6 nitrogen and oxygen atoms in total. The summed E-state index contributed by atoms with van der Waals surface area (Å²) in [6.07, 6.45) is 8.86. The number of para-hydroxylation sites is 2. The van der Waals surface area contributed by atoms with E-state index >= 15 is 0 Å². The van der Waals surface area contributed by atoms with Gasteiger partial charge in [0.2, 0.25) is 0 Å². The Hall–Kier alpha value is -3.80. The molecule has 3 rings (SSSR count). The minimum Gasteiger partial charge on any atom is -0.493 e. The zero-order chi connectivity index (χ0) is 27.0. The first-order chi connectivity index (χ1) is 18.6. The van der Waals surface area contributed by atoms with Gasteiger partial charge in [0, 0.05) is 11.4 Å². The summed E-state index contributed by atoms with van der Waals surface area (Å²) in [5, 5.41) is 5.83. The number of carbonyl (C=O) groups is 2. The standard InChI is InChI=1S/C32H40N2O4/c1-3-5-7-13-23-37-29-17-11-9-15-27(29)31(35)33-25-19-21-26(22-20-25)34-32(36)28-16-10-12-18-30(28)38-24-14-8-6-4-2/h9-12,15-22H,3-8,13-14,23-24H2,1-2H3,(H,33,35)(H,34,36). The fraction of sp³-hybridized carbons (Fsp3) is 0.375. The number of ether oxygens (including phenoxy) is 2. The van der Waals surface area contributed by atoms with E-state index in [2.05, 4.69) is 24.5 Å². The largest absolute Gasteiger partial charge is 0.493 e. The summed E-state index contributed by atoms with van der Waals surface area (Å²) in [6, 6.07) is 21.6. The first-order valence-electron chi connectivity index (χ1n) is 13.8. The second-order valence-corrected chi connectivity index (χ2v) is 9.30. The topological polar surface area (TPSA) is 76.7 Å². The van der Waals surface area contributed by atoms with E-state index in [-0.39, 0.29) is 11.8 Å². The maximum Gasteiger partial charge on any atom is 0.259 e. The number of benzene rings is 3. The highest BCUT2D eigenvalue weighted by molar-refractivity contribution is 6.07. The molecule has 2 amide bonds. The molecule has 0 heterocycles. The lowest BCUT2D eigenvalue weighted by molar-refractivity contribution is 0.101. The van der Waals surface area contributed by atoms with Crippen molar-refractivity contribution in [2.45, 2.75) is 65.2 Å². The monoisotopic (exact) mass is 516 g/mol. The predicted molar refractivity (Wildman–Crippen MR) is 155 cm³/mol. The van der Waals surface area contributed by atoms with E-state index in [1.807, 2.05) is 36.4 Å². The third-order valence-corrected chi connectivity index (χ3v) is 6.17. The zero-order valence-electron chi connectivity index (χ0n) is 22.6. The minimum absolute atomic E-state index is 0.240. The van der Waals surface area contributed by atoms with E-state index in [9.17, 15) is 9.59 Å². The van der Waals surface area contributed by atoms with Crippen LogP contribution in [0.2, 0.25) is 0 Å². The van der Waals surface area contributed by atoms with E-state index < -0.39 is 0 Å². The van der Waals surface area contributed by atoms with Gasteiger partial charge in [-0.25, -0.2) is 0 Å². The van der Waals surface area contributed by atoms with Gasteiger partial charge in [-0.15, -0.1) is 0 Å². The van der Waals surface area contributed by atoms with Crippen molar-refractivity contribution in [1.29, 1.82) is 0 Å².